The molecule has 8 nitrogen and oxygen atoms in total. The van der Waals surface area contributed by atoms with Gasteiger partial charge in [0.2, 0.25) is 0 Å². The standard InChI is InChI=1S/C19H35N3O5Si/c1-8-19(16(23)24)14-11-22(17(25)26,18(2,3)4)12-15(14)20-21(19)13-27-9-10-28(5,6)7/h20H,8-13H2,1-7H3,(H-,23,24,25,26)/p+1. The molecule has 0 spiro atoms. The van der Waals surface area contributed by atoms with E-state index >= 15 is 0 Å². The summed E-state index contributed by atoms with van der Waals surface area (Å²) in [5, 5.41) is 21.8. The van der Waals surface area contributed by atoms with Crippen LogP contribution in [-0.2, 0) is 9.53 Å². The number of carboxylic acids is 1. The topological polar surface area (TPSA) is 99.1 Å². The molecule has 28 heavy (non-hydrogen) atoms. The molecular formula is C19H36N3O5Si+. The fourth-order valence-electron chi connectivity index (χ4n) is 4.06. The highest BCUT2D eigenvalue weighted by Crippen LogP contribution is 2.44. The van der Waals surface area contributed by atoms with Crippen molar-refractivity contribution in [3.8, 4) is 0 Å². The summed E-state index contributed by atoms with van der Waals surface area (Å²) in [5.74, 6) is -0.972. The Balaban J connectivity index is 2.26. The molecule has 0 saturated heterocycles. The van der Waals surface area contributed by atoms with E-state index in [0.29, 0.717) is 24.3 Å². The molecule has 0 radical (unpaired) electrons. The van der Waals surface area contributed by atoms with Crippen molar-refractivity contribution in [2.45, 2.75) is 70.9 Å². The Morgan fingerprint density at radius 3 is 2.29 bits per heavy atom. The number of rotatable bonds is 7. The van der Waals surface area contributed by atoms with E-state index in [0.717, 1.165) is 6.04 Å². The summed E-state index contributed by atoms with van der Waals surface area (Å²) in [6, 6.07) is 1.00. The monoisotopic (exact) mass is 414 g/mol. The Bertz CT molecular complexity index is 682. The smallest absolute Gasteiger partial charge is 0.480 e. The Morgan fingerprint density at radius 2 is 1.86 bits per heavy atom. The van der Waals surface area contributed by atoms with E-state index in [1.54, 1.807) is 5.01 Å². The maximum absolute atomic E-state index is 12.4. The second kappa shape index (κ2) is 7.44. The highest BCUT2D eigenvalue weighted by molar-refractivity contribution is 6.76. The molecule has 2 aliphatic heterocycles. The number of carboxylic acid groups (broad SMARTS) is 2. The van der Waals surface area contributed by atoms with Gasteiger partial charge in [-0.05, 0) is 33.2 Å². The molecule has 2 rings (SSSR count). The fourth-order valence-corrected chi connectivity index (χ4v) is 4.82. The molecule has 2 atom stereocenters. The quantitative estimate of drug-likeness (QED) is 0.335. The van der Waals surface area contributed by atoms with E-state index in [9.17, 15) is 19.8 Å². The molecule has 0 aliphatic carbocycles. The van der Waals surface area contributed by atoms with Gasteiger partial charge in [-0.15, -0.1) is 0 Å². The minimum atomic E-state index is -1.28. The van der Waals surface area contributed by atoms with Crippen LogP contribution in [0, 0.1) is 0 Å². The number of quaternary nitrogens is 1. The number of nitrogens with one attached hydrogen (secondary N) is 1. The number of hydrogen-bond donors (Lipinski definition) is 3. The lowest BCUT2D eigenvalue weighted by atomic mass is 9.86. The molecule has 0 bridgehead atoms. The van der Waals surface area contributed by atoms with Crippen LogP contribution in [0.1, 0.15) is 34.1 Å². The van der Waals surface area contributed by atoms with Crippen LogP contribution >= 0.6 is 0 Å². The highest BCUT2D eigenvalue weighted by atomic mass is 28.3. The Labute approximate surface area is 168 Å². The highest BCUT2D eigenvalue weighted by Gasteiger charge is 2.63. The van der Waals surface area contributed by atoms with Crippen molar-refractivity contribution in [1.29, 1.82) is 0 Å². The van der Waals surface area contributed by atoms with E-state index in [4.69, 9.17) is 4.74 Å². The lowest BCUT2D eigenvalue weighted by Gasteiger charge is -2.44. The van der Waals surface area contributed by atoms with Crippen LogP contribution in [-0.4, -0.2) is 77.3 Å². The zero-order chi connectivity index (χ0) is 21.5. The first-order chi connectivity index (χ1) is 12.7. The van der Waals surface area contributed by atoms with Crippen molar-refractivity contribution in [1.82, 2.24) is 10.4 Å². The molecule has 1 amide bonds. The normalized spacial score (nSPS) is 28.4. The number of nitrogens with zero attached hydrogens (tertiary/aromatic N) is 2. The molecule has 9 heteroatoms. The van der Waals surface area contributed by atoms with Gasteiger partial charge in [-0.3, -0.25) is 0 Å². The summed E-state index contributed by atoms with van der Waals surface area (Å²) in [6.07, 6.45) is -0.605. The molecule has 0 saturated carbocycles. The summed E-state index contributed by atoms with van der Waals surface area (Å²) < 4.78 is 5.62. The van der Waals surface area contributed by atoms with E-state index < -0.39 is 31.2 Å². The molecule has 3 N–H and O–H groups in total. The van der Waals surface area contributed by atoms with Gasteiger partial charge in [0.25, 0.3) is 0 Å². The van der Waals surface area contributed by atoms with Gasteiger partial charge < -0.3 is 20.4 Å². The van der Waals surface area contributed by atoms with Crippen LogP contribution in [0.25, 0.3) is 0 Å². The van der Waals surface area contributed by atoms with Crippen LogP contribution in [0.2, 0.25) is 25.7 Å². The fraction of sp³-hybridized carbons (Fsp3) is 0.789. The summed E-state index contributed by atoms with van der Waals surface area (Å²) in [6.45, 7) is 15.4. The largest absolute Gasteiger partial charge is 0.514 e. The molecular weight excluding hydrogens is 378 g/mol. The van der Waals surface area contributed by atoms with Gasteiger partial charge >= 0.3 is 12.1 Å². The summed E-state index contributed by atoms with van der Waals surface area (Å²) >= 11 is 0. The van der Waals surface area contributed by atoms with Gasteiger partial charge in [0.05, 0.1) is 5.70 Å². The van der Waals surface area contributed by atoms with Crippen molar-refractivity contribution in [2.75, 3.05) is 26.4 Å². The predicted molar refractivity (Wildman–Crippen MR) is 109 cm³/mol. The van der Waals surface area contributed by atoms with Gasteiger partial charge in [-0.25, -0.2) is 9.28 Å². The SMILES string of the molecule is CCC1(C(=O)O)C2=C(C[N+](C(=O)O)(C(C)(C)C)C2)NN1COCC[Si](C)(C)C. The molecule has 160 valence electrons. The number of aliphatic carboxylic acids is 1. The number of hydrazine groups is 1. The van der Waals surface area contributed by atoms with Crippen molar-refractivity contribution in [3.05, 3.63) is 11.3 Å². The van der Waals surface area contributed by atoms with Gasteiger partial charge in [-0.2, -0.15) is 9.80 Å². The third-order valence-electron chi connectivity index (χ3n) is 6.18. The number of hydrogen-bond acceptors (Lipinski definition) is 5. The van der Waals surface area contributed by atoms with Crippen LogP contribution in [0.3, 0.4) is 0 Å². The Morgan fingerprint density at radius 1 is 1.25 bits per heavy atom. The van der Waals surface area contributed by atoms with Gasteiger partial charge in [-0.1, -0.05) is 26.6 Å². The second-order valence-electron chi connectivity index (χ2n) is 10.1. The van der Waals surface area contributed by atoms with Crippen LogP contribution in [0.15, 0.2) is 11.3 Å². The minimum Gasteiger partial charge on any atom is -0.480 e. The Hall–Kier alpha value is -1.42. The zero-order valence-corrected chi connectivity index (χ0v) is 19.3. The first kappa shape index (κ1) is 22.9. The first-order valence-corrected chi connectivity index (χ1v) is 13.6. The van der Waals surface area contributed by atoms with Crippen molar-refractivity contribution in [3.63, 3.8) is 0 Å². The third-order valence-corrected chi connectivity index (χ3v) is 7.89. The van der Waals surface area contributed by atoms with E-state index in [-0.39, 0.29) is 24.3 Å². The minimum absolute atomic E-state index is 0.153. The van der Waals surface area contributed by atoms with Crippen molar-refractivity contribution in [2.24, 2.45) is 0 Å². The Kier molecular flexibility index (Phi) is 6.07. The zero-order valence-electron chi connectivity index (χ0n) is 18.3. The summed E-state index contributed by atoms with van der Waals surface area (Å²) in [5.41, 5.74) is 2.72. The van der Waals surface area contributed by atoms with Crippen LogP contribution in [0.4, 0.5) is 4.79 Å². The molecule has 2 unspecified atom stereocenters. The van der Waals surface area contributed by atoms with Gasteiger partial charge in [0, 0.05) is 20.3 Å². The van der Waals surface area contributed by atoms with E-state index in [1.807, 2.05) is 27.7 Å². The molecule has 0 aromatic heterocycles. The predicted octanol–water partition coefficient (Wildman–Crippen LogP) is 2.91. The molecule has 2 aliphatic rings. The van der Waals surface area contributed by atoms with E-state index in [2.05, 4.69) is 25.1 Å². The number of ether oxygens (including phenoxy) is 1. The molecule has 0 fully saturated rings. The first-order valence-electron chi connectivity index (χ1n) is 9.90. The average Bonchev–Trinajstić information content (AvgIpc) is 3.04. The lowest BCUT2D eigenvalue weighted by Crippen LogP contribution is -2.66. The molecule has 0 aromatic carbocycles. The van der Waals surface area contributed by atoms with E-state index in [1.165, 1.54) is 0 Å². The summed E-state index contributed by atoms with van der Waals surface area (Å²) in [4.78, 5) is 24.6. The average molecular weight is 415 g/mol. The number of amides is 1. The molecule has 2 heterocycles. The van der Waals surface area contributed by atoms with Crippen LogP contribution in [0.5, 0.6) is 0 Å². The second-order valence-corrected chi connectivity index (χ2v) is 15.7. The number of carbonyl (C=O) groups is 2. The van der Waals surface area contributed by atoms with Crippen molar-refractivity contribution < 1.29 is 29.0 Å². The van der Waals surface area contributed by atoms with Crippen LogP contribution < -0.4 is 5.43 Å². The van der Waals surface area contributed by atoms with Gasteiger partial charge in [0.1, 0.15) is 25.4 Å². The summed E-state index contributed by atoms with van der Waals surface area (Å²) in [7, 11) is -1.23. The third kappa shape index (κ3) is 3.72. The van der Waals surface area contributed by atoms with Crippen molar-refractivity contribution >= 4 is 20.1 Å². The lowest BCUT2D eigenvalue weighted by molar-refractivity contribution is -0.890. The molecule has 0 aromatic rings. The maximum Gasteiger partial charge on any atom is 0.514 e. The maximum atomic E-state index is 12.4. The van der Waals surface area contributed by atoms with Gasteiger partial charge in [0.15, 0.2) is 5.54 Å².